The van der Waals surface area contributed by atoms with E-state index in [1.54, 1.807) is 38.4 Å². The van der Waals surface area contributed by atoms with Crippen molar-refractivity contribution in [1.29, 1.82) is 0 Å². The Balaban J connectivity index is 1.72. The maximum absolute atomic E-state index is 13.6. The van der Waals surface area contributed by atoms with Gasteiger partial charge in [-0.3, -0.25) is 4.79 Å². The third-order valence-corrected chi connectivity index (χ3v) is 8.06. The highest BCUT2D eigenvalue weighted by Gasteiger charge is 2.24. The molecular weight excluding hydrogens is 504 g/mol. The summed E-state index contributed by atoms with van der Waals surface area (Å²) in [6.07, 6.45) is 0.637. The number of aromatic hydroxyl groups is 1. The van der Waals surface area contributed by atoms with Crippen LogP contribution < -0.4 is 4.74 Å². The number of aromatic nitrogens is 3. The summed E-state index contributed by atoms with van der Waals surface area (Å²) < 4.78 is 22.4. The third kappa shape index (κ3) is 5.71. The van der Waals surface area contributed by atoms with Crippen molar-refractivity contribution >= 4 is 28.0 Å². The van der Waals surface area contributed by atoms with Crippen LogP contribution in [-0.4, -0.2) is 53.3 Å². The molecule has 0 bridgehead atoms. The average Bonchev–Trinajstić information content (AvgIpc) is 3.28. The van der Waals surface area contributed by atoms with Gasteiger partial charge in [-0.05, 0) is 59.9 Å². The zero-order valence-electron chi connectivity index (χ0n) is 21.9. The Bertz CT molecular complexity index is 1490. The minimum Gasteiger partial charge on any atom is -0.506 e. The molecule has 0 amide bonds. The number of ether oxygens (including phenoxy) is 1. The molecule has 2 unspecified atom stereocenters. The molecule has 2 N–H and O–H groups in total. The van der Waals surface area contributed by atoms with Gasteiger partial charge < -0.3 is 14.9 Å². The van der Waals surface area contributed by atoms with Crippen LogP contribution in [0.1, 0.15) is 47.9 Å². The molecule has 38 heavy (non-hydrogen) atoms. The predicted octanol–water partition coefficient (Wildman–Crippen LogP) is 4.53. The highest BCUT2D eigenvalue weighted by molar-refractivity contribution is 7.82. The highest BCUT2D eigenvalue weighted by atomic mass is 32.2. The maximum atomic E-state index is 13.6. The van der Waals surface area contributed by atoms with Crippen molar-refractivity contribution < 1.29 is 24.0 Å². The van der Waals surface area contributed by atoms with Crippen molar-refractivity contribution in [2.24, 2.45) is 7.05 Å². The van der Waals surface area contributed by atoms with Crippen LogP contribution in [0, 0.1) is 6.92 Å². The van der Waals surface area contributed by atoms with Crippen molar-refractivity contribution in [2.45, 2.75) is 44.0 Å². The van der Waals surface area contributed by atoms with Crippen molar-refractivity contribution in [2.75, 3.05) is 13.7 Å². The number of benzene rings is 3. The van der Waals surface area contributed by atoms with Crippen LogP contribution in [0.5, 0.6) is 11.5 Å². The van der Waals surface area contributed by atoms with Crippen LogP contribution in [-0.2, 0) is 29.4 Å². The molecule has 0 saturated heterocycles. The van der Waals surface area contributed by atoms with Crippen LogP contribution in [0.25, 0.3) is 11.0 Å². The SMILES string of the molecule is CCCN(Cc1cc(C(CC(=O)O)c2cc(O)c3c(c2)nnn3C)ccc1C)S(=O)c1ccccc1OC. The molecule has 2 atom stereocenters. The number of fused-ring (bicyclic) bond motifs is 1. The minimum atomic E-state index is -1.46. The molecule has 0 spiro atoms. The van der Waals surface area contributed by atoms with Crippen molar-refractivity contribution in [3.8, 4) is 11.5 Å². The summed E-state index contributed by atoms with van der Waals surface area (Å²) in [4.78, 5) is 12.5. The van der Waals surface area contributed by atoms with Gasteiger partial charge in [0.1, 0.15) is 33.5 Å². The van der Waals surface area contributed by atoms with Gasteiger partial charge in [0.15, 0.2) is 0 Å². The first-order valence-electron chi connectivity index (χ1n) is 12.4. The van der Waals surface area contributed by atoms with E-state index in [9.17, 15) is 19.2 Å². The van der Waals surface area contributed by atoms with E-state index in [0.29, 0.717) is 40.3 Å². The van der Waals surface area contributed by atoms with E-state index in [1.165, 1.54) is 4.68 Å². The van der Waals surface area contributed by atoms with E-state index in [1.807, 2.05) is 48.5 Å². The Labute approximate surface area is 224 Å². The second-order valence-electron chi connectivity index (χ2n) is 9.22. The minimum absolute atomic E-state index is 0.00551. The van der Waals surface area contributed by atoms with Crippen molar-refractivity contribution in [3.63, 3.8) is 0 Å². The molecule has 0 aliphatic rings. The number of phenols is 1. The number of para-hydroxylation sites is 1. The largest absolute Gasteiger partial charge is 0.506 e. The number of aryl methyl sites for hydroxylation is 2. The van der Waals surface area contributed by atoms with E-state index >= 15 is 0 Å². The fourth-order valence-electron chi connectivity index (χ4n) is 4.64. The quantitative estimate of drug-likeness (QED) is 0.289. The fraction of sp³-hybridized carbons (Fsp3) is 0.321. The van der Waals surface area contributed by atoms with Gasteiger partial charge in [0.05, 0.1) is 18.4 Å². The number of carboxylic acids is 1. The number of methoxy groups -OCH3 is 1. The lowest BCUT2D eigenvalue weighted by Gasteiger charge is -2.24. The van der Waals surface area contributed by atoms with Crippen LogP contribution in [0.2, 0.25) is 0 Å². The van der Waals surface area contributed by atoms with Gasteiger partial charge in [0.25, 0.3) is 0 Å². The number of hydrogen-bond acceptors (Lipinski definition) is 6. The van der Waals surface area contributed by atoms with E-state index in [-0.39, 0.29) is 12.2 Å². The Hall–Kier alpha value is -3.76. The maximum Gasteiger partial charge on any atom is 0.304 e. The number of nitrogens with zero attached hydrogens (tertiary/aromatic N) is 4. The van der Waals surface area contributed by atoms with Crippen LogP contribution in [0.4, 0.5) is 0 Å². The zero-order chi connectivity index (χ0) is 27.4. The molecule has 1 aromatic heterocycles. The molecule has 4 aromatic rings. The van der Waals surface area contributed by atoms with Gasteiger partial charge in [-0.15, -0.1) is 5.10 Å². The van der Waals surface area contributed by atoms with E-state index in [2.05, 4.69) is 10.3 Å². The van der Waals surface area contributed by atoms with Gasteiger partial charge in [-0.1, -0.05) is 42.5 Å². The molecule has 3 aromatic carbocycles. The summed E-state index contributed by atoms with van der Waals surface area (Å²) in [6, 6.07) is 16.5. The number of hydrogen-bond donors (Lipinski definition) is 2. The first-order valence-corrected chi connectivity index (χ1v) is 13.5. The standard InChI is InChI=1S/C28H32N4O5S/c1-5-12-32(38(36)26-9-7-6-8-25(26)37-4)17-21-13-19(11-10-18(21)2)22(16-27(34)35)20-14-23-28(24(33)15-20)31(3)30-29-23/h6-11,13-15,22,33H,5,12,16-17H2,1-4H3,(H,34,35). The molecule has 0 aliphatic heterocycles. The Morgan fingerprint density at radius 1 is 1.16 bits per heavy atom. The lowest BCUT2D eigenvalue weighted by molar-refractivity contribution is -0.137. The van der Waals surface area contributed by atoms with E-state index < -0.39 is 22.9 Å². The first-order chi connectivity index (χ1) is 18.2. The van der Waals surface area contributed by atoms with Gasteiger partial charge >= 0.3 is 5.97 Å². The molecule has 0 aliphatic carbocycles. The third-order valence-electron chi connectivity index (χ3n) is 6.57. The molecular formula is C28H32N4O5S. The number of carboxylic acid groups (broad SMARTS) is 1. The van der Waals surface area contributed by atoms with Crippen molar-refractivity contribution in [3.05, 3.63) is 76.9 Å². The smallest absolute Gasteiger partial charge is 0.304 e. The Kier molecular flexibility index (Phi) is 8.43. The summed E-state index contributed by atoms with van der Waals surface area (Å²) in [5.74, 6) is -0.920. The fourth-order valence-corrected chi connectivity index (χ4v) is 6.04. The molecule has 0 fully saturated rings. The summed E-state index contributed by atoms with van der Waals surface area (Å²) in [6.45, 7) is 5.03. The van der Waals surface area contributed by atoms with Gasteiger partial charge in [-0.25, -0.2) is 13.2 Å². The normalized spacial score (nSPS) is 13.1. The summed E-state index contributed by atoms with van der Waals surface area (Å²) >= 11 is 0. The second kappa shape index (κ2) is 11.7. The van der Waals surface area contributed by atoms with Gasteiger partial charge in [0, 0.05) is 26.1 Å². The predicted molar refractivity (Wildman–Crippen MR) is 146 cm³/mol. The lowest BCUT2D eigenvalue weighted by Crippen LogP contribution is -2.27. The number of phenolic OH excluding ortho intramolecular Hbond substituents is 1. The number of rotatable bonds is 11. The summed E-state index contributed by atoms with van der Waals surface area (Å²) in [5, 5.41) is 28.4. The second-order valence-corrected chi connectivity index (χ2v) is 10.7. The topological polar surface area (TPSA) is 118 Å². The van der Waals surface area contributed by atoms with Gasteiger partial charge in [0.2, 0.25) is 0 Å². The number of aliphatic carboxylic acids is 1. The van der Waals surface area contributed by atoms with Crippen LogP contribution >= 0.6 is 0 Å². The van der Waals surface area contributed by atoms with E-state index in [0.717, 1.165) is 23.1 Å². The molecule has 4 rings (SSSR count). The molecule has 0 saturated carbocycles. The molecule has 10 heteroatoms. The molecule has 1 heterocycles. The zero-order valence-corrected chi connectivity index (χ0v) is 22.7. The van der Waals surface area contributed by atoms with E-state index in [4.69, 9.17) is 4.74 Å². The Morgan fingerprint density at radius 2 is 1.92 bits per heavy atom. The molecule has 0 radical (unpaired) electrons. The molecule has 200 valence electrons. The van der Waals surface area contributed by atoms with Crippen LogP contribution in [0.3, 0.4) is 0 Å². The van der Waals surface area contributed by atoms with Crippen LogP contribution in [0.15, 0.2) is 59.5 Å². The van der Waals surface area contributed by atoms with Gasteiger partial charge in [-0.2, -0.15) is 0 Å². The highest BCUT2D eigenvalue weighted by Crippen LogP contribution is 2.35. The Morgan fingerprint density at radius 3 is 2.63 bits per heavy atom. The number of carbonyl (C=O) groups is 1. The molecule has 9 nitrogen and oxygen atoms in total. The average molecular weight is 537 g/mol. The lowest BCUT2D eigenvalue weighted by atomic mass is 9.86. The summed E-state index contributed by atoms with van der Waals surface area (Å²) in [5.41, 5.74) is 4.35. The monoisotopic (exact) mass is 536 g/mol. The summed E-state index contributed by atoms with van der Waals surface area (Å²) in [7, 11) is 1.79. The van der Waals surface area contributed by atoms with Crippen molar-refractivity contribution in [1.82, 2.24) is 19.3 Å². The first kappa shape index (κ1) is 27.3.